The maximum Gasteiger partial charge on any atom is 0.411 e. The number of benzene rings is 3. The van der Waals surface area contributed by atoms with Crippen molar-refractivity contribution in [3.05, 3.63) is 102 Å². The second-order valence-electron chi connectivity index (χ2n) is 8.23. The van der Waals surface area contributed by atoms with Crippen LogP contribution in [0.3, 0.4) is 0 Å². The lowest BCUT2D eigenvalue weighted by molar-refractivity contribution is -0.147. The number of nitrogens with zero attached hydrogens (tertiary/aromatic N) is 2. The van der Waals surface area contributed by atoms with Crippen LogP contribution in [0.5, 0.6) is 0 Å². The number of methoxy groups -OCH3 is 2. The fraction of sp³-hybridized carbons (Fsp3) is 0.179. The summed E-state index contributed by atoms with van der Waals surface area (Å²) in [6, 6.07) is 24.2. The first-order valence-corrected chi connectivity index (χ1v) is 11.1. The van der Waals surface area contributed by atoms with Crippen LogP contribution in [0.2, 0.25) is 0 Å². The van der Waals surface area contributed by atoms with Crippen molar-refractivity contribution in [2.75, 3.05) is 14.2 Å². The molecule has 0 aliphatic heterocycles. The Hall–Kier alpha value is -4.19. The maximum atomic E-state index is 13.3. The third-order valence-corrected chi connectivity index (χ3v) is 6.35. The standard InChI is InChI=1S/C28H24N2O4/c1-33-27(31)25(16-18-15-19-9-3-8-14-24(19)29-17-18)30(28(32)34-2)26-22-12-6-4-10-20(22)21-11-5-7-13-23(21)26/h3-15,17,25-26H,16H2,1-2H3/t25-/m0/s1. The Balaban J connectivity index is 1.63. The Bertz CT molecular complexity index is 1340. The van der Waals surface area contributed by atoms with E-state index in [9.17, 15) is 9.59 Å². The minimum Gasteiger partial charge on any atom is -0.467 e. The zero-order chi connectivity index (χ0) is 23.7. The highest BCUT2D eigenvalue weighted by atomic mass is 16.5. The number of hydrogen-bond acceptors (Lipinski definition) is 5. The summed E-state index contributed by atoms with van der Waals surface area (Å²) in [7, 11) is 2.66. The SMILES string of the molecule is COC(=O)[C@H](Cc1cnc2ccccc2c1)N(C(=O)OC)C1c2ccccc2-c2ccccc21. The topological polar surface area (TPSA) is 68.7 Å². The molecule has 1 amide bonds. The number of amides is 1. The van der Waals surface area contributed by atoms with Crippen LogP contribution in [-0.4, -0.2) is 42.2 Å². The van der Waals surface area contributed by atoms with Crippen LogP contribution in [-0.2, 0) is 20.7 Å². The molecule has 170 valence electrons. The molecule has 6 nitrogen and oxygen atoms in total. The molecule has 1 aromatic heterocycles. The fourth-order valence-electron chi connectivity index (χ4n) is 4.83. The van der Waals surface area contributed by atoms with Crippen molar-refractivity contribution in [1.29, 1.82) is 0 Å². The third-order valence-electron chi connectivity index (χ3n) is 6.35. The van der Waals surface area contributed by atoms with Gasteiger partial charge in [-0.1, -0.05) is 66.7 Å². The number of fused-ring (bicyclic) bond motifs is 4. The van der Waals surface area contributed by atoms with Gasteiger partial charge >= 0.3 is 12.1 Å². The maximum absolute atomic E-state index is 13.3. The monoisotopic (exact) mass is 452 g/mol. The second kappa shape index (κ2) is 8.98. The summed E-state index contributed by atoms with van der Waals surface area (Å²) in [5, 5.41) is 0.963. The van der Waals surface area contributed by atoms with Crippen LogP contribution in [0, 0.1) is 0 Å². The van der Waals surface area contributed by atoms with E-state index >= 15 is 0 Å². The quantitative estimate of drug-likeness (QED) is 0.392. The van der Waals surface area contributed by atoms with E-state index in [0.717, 1.165) is 38.7 Å². The molecular formula is C28H24N2O4. The average Bonchev–Trinajstić information content (AvgIpc) is 3.22. The molecule has 1 atom stereocenters. The van der Waals surface area contributed by atoms with Gasteiger partial charge in [-0.2, -0.15) is 0 Å². The second-order valence-corrected chi connectivity index (χ2v) is 8.23. The van der Waals surface area contributed by atoms with Crippen molar-refractivity contribution < 1.29 is 19.1 Å². The number of rotatable bonds is 5. The first kappa shape index (κ1) is 21.6. The Morgan fingerprint density at radius 1 is 0.882 bits per heavy atom. The first-order valence-electron chi connectivity index (χ1n) is 11.1. The van der Waals surface area contributed by atoms with E-state index in [4.69, 9.17) is 9.47 Å². The van der Waals surface area contributed by atoms with E-state index in [2.05, 4.69) is 4.98 Å². The molecule has 6 heteroatoms. The Kier molecular flexibility index (Phi) is 5.72. The smallest absolute Gasteiger partial charge is 0.411 e. The molecule has 0 saturated carbocycles. The summed E-state index contributed by atoms with van der Waals surface area (Å²) in [5.41, 5.74) is 5.65. The zero-order valence-corrected chi connectivity index (χ0v) is 19.0. The third kappa shape index (κ3) is 3.67. The largest absolute Gasteiger partial charge is 0.467 e. The molecule has 34 heavy (non-hydrogen) atoms. The van der Waals surface area contributed by atoms with Crippen molar-refractivity contribution in [2.24, 2.45) is 0 Å². The molecule has 1 heterocycles. The number of pyridine rings is 1. The molecule has 0 N–H and O–H groups in total. The van der Waals surface area contributed by atoms with Gasteiger partial charge in [-0.15, -0.1) is 0 Å². The molecule has 1 aliphatic rings. The lowest BCUT2D eigenvalue weighted by Gasteiger charge is -2.34. The van der Waals surface area contributed by atoms with Crippen molar-refractivity contribution in [1.82, 2.24) is 9.88 Å². The molecule has 0 saturated heterocycles. The Morgan fingerprint density at radius 2 is 1.50 bits per heavy atom. The number of esters is 1. The van der Waals surface area contributed by atoms with E-state index in [1.807, 2.05) is 78.9 Å². The van der Waals surface area contributed by atoms with Gasteiger partial charge in [0.1, 0.15) is 6.04 Å². The van der Waals surface area contributed by atoms with Crippen molar-refractivity contribution in [3.63, 3.8) is 0 Å². The van der Waals surface area contributed by atoms with E-state index in [0.29, 0.717) is 0 Å². The van der Waals surface area contributed by atoms with Crippen LogP contribution in [0.15, 0.2) is 85.1 Å². The minimum absolute atomic E-state index is 0.237. The van der Waals surface area contributed by atoms with Crippen LogP contribution in [0.4, 0.5) is 4.79 Å². The van der Waals surface area contributed by atoms with Gasteiger partial charge < -0.3 is 9.47 Å². The zero-order valence-electron chi connectivity index (χ0n) is 19.0. The van der Waals surface area contributed by atoms with Crippen molar-refractivity contribution in [2.45, 2.75) is 18.5 Å². The van der Waals surface area contributed by atoms with Gasteiger partial charge in [0.15, 0.2) is 0 Å². The molecule has 0 spiro atoms. The predicted molar refractivity (Wildman–Crippen MR) is 129 cm³/mol. The molecule has 0 radical (unpaired) electrons. The molecule has 0 bridgehead atoms. The van der Waals surface area contributed by atoms with Gasteiger partial charge in [-0.3, -0.25) is 9.88 Å². The highest BCUT2D eigenvalue weighted by molar-refractivity contribution is 5.86. The molecular weight excluding hydrogens is 428 g/mol. The summed E-state index contributed by atoms with van der Waals surface area (Å²) in [5.74, 6) is -0.513. The van der Waals surface area contributed by atoms with Gasteiger partial charge in [0, 0.05) is 18.0 Å². The lowest BCUT2D eigenvalue weighted by atomic mass is 9.98. The lowest BCUT2D eigenvalue weighted by Crippen LogP contribution is -2.48. The number of hydrogen-bond donors (Lipinski definition) is 0. The summed E-state index contributed by atoms with van der Waals surface area (Å²) in [6.45, 7) is 0. The van der Waals surface area contributed by atoms with Crippen LogP contribution < -0.4 is 0 Å². The number of para-hydroxylation sites is 1. The molecule has 0 unspecified atom stereocenters. The summed E-state index contributed by atoms with van der Waals surface area (Å²) >= 11 is 0. The Labute approximate surface area is 197 Å². The van der Waals surface area contributed by atoms with Crippen LogP contribution in [0.25, 0.3) is 22.0 Å². The summed E-state index contributed by atoms with van der Waals surface area (Å²) in [4.78, 5) is 32.4. The molecule has 1 aliphatic carbocycles. The number of ether oxygens (including phenoxy) is 2. The molecule has 5 rings (SSSR count). The van der Waals surface area contributed by atoms with Crippen molar-refractivity contribution >= 4 is 23.0 Å². The van der Waals surface area contributed by atoms with Crippen LogP contribution in [0.1, 0.15) is 22.7 Å². The van der Waals surface area contributed by atoms with Gasteiger partial charge in [-0.25, -0.2) is 9.59 Å². The van der Waals surface area contributed by atoms with E-state index in [-0.39, 0.29) is 6.42 Å². The fourth-order valence-corrected chi connectivity index (χ4v) is 4.83. The molecule has 4 aromatic rings. The number of aromatic nitrogens is 1. The Morgan fingerprint density at radius 3 is 2.15 bits per heavy atom. The molecule has 0 fully saturated rings. The number of carbonyl (C=O) groups excluding carboxylic acids is 2. The van der Waals surface area contributed by atoms with Gasteiger partial charge in [-0.05, 0) is 39.9 Å². The normalized spacial score (nSPS) is 13.1. The van der Waals surface area contributed by atoms with Gasteiger partial charge in [0.05, 0.1) is 25.8 Å². The minimum atomic E-state index is -0.912. The van der Waals surface area contributed by atoms with Crippen molar-refractivity contribution in [3.8, 4) is 11.1 Å². The predicted octanol–water partition coefficient (Wildman–Crippen LogP) is 5.16. The van der Waals surface area contributed by atoms with E-state index in [1.165, 1.54) is 19.1 Å². The summed E-state index contributed by atoms with van der Waals surface area (Å²) < 4.78 is 10.4. The van der Waals surface area contributed by atoms with Gasteiger partial charge in [0.2, 0.25) is 0 Å². The summed E-state index contributed by atoms with van der Waals surface area (Å²) in [6.07, 6.45) is 1.38. The van der Waals surface area contributed by atoms with E-state index in [1.54, 1.807) is 6.20 Å². The highest BCUT2D eigenvalue weighted by Gasteiger charge is 2.42. The van der Waals surface area contributed by atoms with Crippen LogP contribution >= 0.6 is 0 Å². The highest BCUT2D eigenvalue weighted by Crippen LogP contribution is 2.47. The number of carbonyl (C=O) groups is 2. The van der Waals surface area contributed by atoms with Gasteiger partial charge in [0.25, 0.3) is 0 Å². The first-order chi connectivity index (χ1) is 16.6. The molecule has 3 aromatic carbocycles. The van der Waals surface area contributed by atoms with E-state index < -0.39 is 24.1 Å². The average molecular weight is 453 g/mol.